The molecule has 12 nitrogen and oxygen atoms in total. The third-order valence-corrected chi connectivity index (χ3v) is 8.27. The molecule has 214 valence electrons. The number of piperidine rings is 2. The number of Topliss-reactive ketones (excluding diaryl/α,β-unsaturated/α-hetero) is 1. The molecule has 5 rings (SSSR count). The lowest BCUT2D eigenvalue weighted by molar-refractivity contribution is -0.119. The molecule has 1 aromatic carbocycles. The van der Waals surface area contributed by atoms with Crippen molar-refractivity contribution >= 4 is 40.4 Å². The topological polar surface area (TPSA) is 156 Å². The number of amides is 2. The van der Waals surface area contributed by atoms with Crippen molar-refractivity contribution in [2.24, 2.45) is 5.92 Å². The number of nitrogens with one attached hydrogen (secondary N) is 2. The van der Waals surface area contributed by atoms with Crippen LogP contribution in [0.2, 0.25) is 0 Å². The smallest absolute Gasteiger partial charge is 0.407 e. The molecule has 0 spiro atoms. The Morgan fingerprint density at radius 2 is 1.90 bits per heavy atom. The summed E-state index contributed by atoms with van der Waals surface area (Å²) in [5, 5.41) is 25.1. The monoisotopic (exact) mass is 558 g/mol. The van der Waals surface area contributed by atoms with Gasteiger partial charge in [0.15, 0.2) is 5.65 Å². The van der Waals surface area contributed by atoms with Gasteiger partial charge in [0.25, 0.3) is 0 Å². The Kier molecular flexibility index (Phi) is 8.45. The van der Waals surface area contributed by atoms with Crippen molar-refractivity contribution < 1.29 is 19.5 Å². The van der Waals surface area contributed by atoms with E-state index in [1.165, 1.54) is 15.8 Å². The van der Waals surface area contributed by atoms with E-state index < -0.39 is 6.09 Å². The first-order chi connectivity index (χ1) is 19.9. The van der Waals surface area contributed by atoms with E-state index in [2.05, 4.69) is 20.6 Å². The number of benzene rings is 1. The molecule has 2 amide bonds. The summed E-state index contributed by atoms with van der Waals surface area (Å²) < 4.78 is 1.46. The zero-order chi connectivity index (χ0) is 28.9. The highest BCUT2D eigenvalue weighted by molar-refractivity contribution is 5.99. The molecule has 2 aliphatic rings. The molecule has 0 unspecified atom stereocenters. The molecule has 3 N–H and O–H groups in total. The number of carbonyl (C=O) groups is 3. The number of fused-ring (bicyclic) bond motifs is 1. The van der Waals surface area contributed by atoms with Crippen molar-refractivity contribution in [2.75, 3.05) is 43.4 Å². The molecule has 4 heterocycles. The summed E-state index contributed by atoms with van der Waals surface area (Å²) in [5.74, 6) is 1.00. The minimum Gasteiger partial charge on any atom is -0.465 e. The summed E-state index contributed by atoms with van der Waals surface area (Å²) in [6.45, 7) is 2.54. The van der Waals surface area contributed by atoms with Crippen molar-refractivity contribution in [1.29, 1.82) is 5.26 Å². The zero-order valence-corrected chi connectivity index (χ0v) is 23.0. The predicted octanol–water partition coefficient (Wildman–Crippen LogP) is 3.66. The molecule has 41 heavy (non-hydrogen) atoms. The summed E-state index contributed by atoms with van der Waals surface area (Å²) in [4.78, 5) is 49.0. The Morgan fingerprint density at radius 3 is 2.61 bits per heavy atom. The minimum absolute atomic E-state index is 0.00320. The maximum absolute atomic E-state index is 13.2. The SMILES string of the molecule is CN(c1ncnc2c1ccn2C(=O)Nc1ccc(C2CCN(C(=O)O)CC2)cc1)[C@H]1CNCC[C@@H]1CC(=O)CC#N. The molecule has 2 saturated heterocycles. The highest BCUT2D eigenvalue weighted by Crippen LogP contribution is 2.31. The molecular formula is C29H34N8O4. The minimum atomic E-state index is -0.873. The third kappa shape index (κ3) is 6.15. The Hall–Kier alpha value is -4.50. The van der Waals surface area contributed by atoms with Crippen LogP contribution in [0.3, 0.4) is 0 Å². The van der Waals surface area contributed by atoms with Gasteiger partial charge >= 0.3 is 12.1 Å². The molecule has 0 bridgehead atoms. The van der Waals surface area contributed by atoms with Crippen LogP contribution in [-0.2, 0) is 4.79 Å². The lowest BCUT2D eigenvalue weighted by atomic mass is 9.86. The highest BCUT2D eigenvalue weighted by Gasteiger charge is 2.32. The number of likely N-dealkylation sites (N-methyl/N-ethyl adjacent to an activating group) is 1. The lowest BCUT2D eigenvalue weighted by Gasteiger charge is -2.39. The van der Waals surface area contributed by atoms with Crippen LogP contribution in [0.4, 0.5) is 21.1 Å². The maximum Gasteiger partial charge on any atom is 0.407 e. The van der Waals surface area contributed by atoms with Crippen LogP contribution >= 0.6 is 0 Å². The van der Waals surface area contributed by atoms with Crippen molar-refractivity contribution in [3.8, 4) is 6.07 Å². The van der Waals surface area contributed by atoms with Crippen molar-refractivity contribution in [1.82, 2.24) is 24.8 Å². The van der Waals surface area contributed by atoms with Gasteiger partial charge in [-0.3, -0.25) is 9.36 Å². The molecule has 0 saturated carbocycles. The van der Waals surface area contributed by atoms with Gasteiger partial charge in [0.1, 0.15) is 17.9 Å². The van der Waals surface area contributed by atoms with E-state index in [-0.39, 0.29) is 30.2 Å². The van der Waals surface area contributed by atoms with Crippen LogP contribution in [0.5, 0.6) is 0 Å². The van der Waals surface area contributed by atoms with Gasteiger partial charge in [0, 0.05) is 51.0 Å². The Labute approximate surface area is 238 Å². The molecule has 0 radical (unpaired) electrons. The predicted molar refractivity (Wildman–Crippen MR) is 153 cm³/mol. The van der Waals surface area contributed by atoms with Gasteiger partial charge in [-0.25, -0.2) is 19.6 Å². The van der Waals surface area contributed by atoms with E-state index in [1.54, 1.807) is 6.20 Å². The molecular weight excluding hydrogens is 524 g/mol. The van der Waals surface area contributed by atoms with Crippen molar-refractivity contribution in [3.05, 3.63) is 48.4 Å². The maximum atomic E-state index is 13.2. The standard InChI is InChI=1S/C29H34N8O4/c1-35(25-17-31-12-7-21(25)16-23(38)6-11-30)26-24-10-15-37(27(24)33-18-32-26)28(39)34-22-4-2-19(3-5-22)20-8-13-36(14-9-20)29(40)41/h2-5,10,15,18,20-21,25,31H,6-9,12-14,16-17H2,1H3,(H,34,39)(H,40,41)/t21-,25+/m1/s1. The van der Waals surface area contributed by atoms with E-state index in [0.717, 1.165) is 36.8 Å². The second kappa shape index (κ2) is 12.3. The third-order valence-electron chi connectivity index (χ3n) is 8.27. The first kappa shape index (κ1) is 28.0. The van der Waals surface area contributed by atoms with Gasteiger partial charge in [-0.05, 0) is 61.4 Å². The highest BCUT2D eigenvalue weighted by atomic mass is 16.4. The first-order valence-corrected chi connectivity index (χ1v) is 13.9. The van der Waals surface area contributed by atoms with Gasteiger partial charge in [-0.2, -0.15) is 5.26 Å². The molecule has 2 atom stereocenters. The second-order valence-corrected chi connectivity index (χ2v) is 10.7. The number of hydrogen-bond donors (Lipinski definition) is 3. The first-order valence-electron chi connectivity index (χ1n) is 13.9. The van der Waals surface area contributed by atoms with Gasteiger partial charge in [-0.1, -0.05) is 12.1 Å². The number of anilines is 2. The summed E-state index contributed by atoms with van der Waals surface area (Å²) in [6, 6.07) is 11.1. The molecule has 3 aromatic rings. The van der Waals surface area contributed by atoms with Gasteiger partial charge < -0.3 is 25.5 Å². The van der Waals surface area contributed by atoms with Gasteiger partial charge in [0.2, 0.25) is 0 Å². The molecule has 2 fully saturated rings. The number of nitriles is 1. The van der Waals surface area contributed by atoms with Crippen LogP contribution in [0, 0.1) is 17.2 Å². The van der Waals surface area contributed by atoms with Crippen LogP contribution in [0.25, 0.3) is 11.0 Å². The second-order valence-electron chi connectivity index (χ2n) is 10.7. The average Bonchev–Trinajstić information content (AvgIpc) is 3.42. The summed E-state index contributed by atoms with van der Waals surface area (Å²) in [7, 11) is 1.94. The number of carboxylic acid groups (broad SMARTS) is 1. The zero-order valence-electron chi connectivity index (χ0n) is 23.0. The normalized spacial score (nSPS) is 19.5. The Morgan fingerprint density at radius 1 is 1.15 bits per heavy atom. The van der Waals surface area contributed by atoms with E-state index in [1.807, 2.05) is 48.3 Å². The van der Waals surface area contributed by atoms with E-state index in [9.17, 15) is 14.4 Å². The fraction of sp³-hybridized carbons (Fsp3) is 0.448. The Bertz CT molecular complexity index is 1460. The summed E-state index contributed by atoms with van der Waals surface area (Å²) in [6.07, 6.45) is 4.88. The number of nitrogens with zero attached hydrogens (tertiary/aromatic N) is 6. The van der Waals surface area contributed by atoms with Gasteiger partial charge in [-0.15, -0.1) is 0 Å². The van der Waals surface area contributed by atoms with Crippen LogP contribution < -0.4 is 15.5 Å². The number of rotatable bonds is 7. The van der Waals surface area contributed by atoms with E-state index in [4.69, 9.17) is 10.4 Å². The Balaban J connectivity index is 1.28. The lowest BCUT2D eigenvalue weighted by Crippen LogP contribution is -2.50. The summed E-state index contributed by atoms with van der Waals surface area (Å²) >= 11 is 0. The number of carbonyl (C=O) groups excluding carboxylic acids is 2. The number of hydrogen-bond acceptors (Lipinski definition) is 8. The molecule has 2 aliphatic heterocycles. The van der Waals surface area contributed by atoms with E-state index in [0.29, 0.717) is 49.1 Å². The van der Waals surface area contributed by atoms with Crippen molar-refractivity contribution in [3.63, 3.8) is 0 Å². The van der Waals surface area contributed by atoms with E-state index >= 15 is 0 Å². The fourth-order valence-electron chi connectivity index (χ4n) is 6.01. The fourth-order valence-corrected chi connectivity index (χ4v) is 6.01. The number of likely N-dealkylation sites (tertiary alicyclic amines) is 1. The van der Waals surface area contributed by atoms with Crippen LogP contribution in [0.1, 0.15) is 43.6 Å². The van der Waals surface area contributed by atoms with Gasteiger partial charge in [0.05, 0.1) is 17.9 Å². The number of aromatic nitrogens is 3. The average molecular weight is 559 g/mol. The quantitative estimate of drug-likeness (QED) is 0.394. The molecule has 2 aromatic heterocycles. The summed E-state index contributed by atoms with van der Waals surface area (Å²) in [5.41, 5.74) is 2.25. The van der Waals surface area contributed by atoms with Crippen molar-refractivity contribution in [2.45, 2.75) is 44.1 Å². The molecule has 0 aliphatic carbocycles. The molecule has 12 heteroatoms. The number of ketones is 1. The van der Waals surface area contributed by atoms with Crippen LogP contribution in [-0.4, -0.2) is 81.7 Å². The van der Waals surface area contributed by atoms with Crippen LogP contribution in [0.15, 0.2) is 42.9 Å². The largest absolute Gasteiger partial charge is 0.465 e.